The zero-order chi connectivity index (χ0) is 12.7. The van der Waals surface area contributed by atoms with Gasteiger partial charge in [-0.1, -0.05) is 13.8 Å². The van der Waals surface area contributed by atoms with Gasteiger partial charge in [-0.3, -0.25) is 0 Å². The van der Waals surface area contributed by atoms with E-state index in [1.807, 2.05) is 0 Å². The van der Waals surface area contributed by atoms with E-state index in [0.717, 1.165) is 32.7 Å². The largest absolute Gasteiger partial charge is 0.378 e. The molecule has 1 aliphatic heterocycles. The lowest BCUT2D eigenvalue weighted by atomic mass is 9.84. The Morgan fingerprint density at radius 3 is 2.71 bits per heavy atom. The number of hydrogen-bond acceptors (Lipinski definition) is 3. The van der Waals surface area contributed by atoms with Gasteiger partial charge < -0.3 is 15.8 Å². The number of hydrogen-bond donors (Lipinski definition) is 2. The molecule has 0 aliphatic carbocycles. The van der Waals surface area contributed by atoms with Crippen molar-refractivity contribution in [3.05, 3.63) is 0 Å². The van der Waals surface area contributed by atoms with Crippen LogP contribution in [-0.2, 0) is 4.74 Å². The van der Waals surface area contributed by atoms with Gasteiger partial charge in [0, 0.05) is 13.2 Å². The Kier molecular flexibility index (Phi) is 6.45. The van der Waals surface area contributed by atoms with Crippen molar-refractivity contribution in [1.29, 1.82) is 0 Å². The van der Waals surface area contributed by atoms with E-state index >= 15 is 0 Å². The standard InChI is InChI=1S/C14H30N2O/c1-12-13(5-10-17-12)11-16-9-4-6-14(2,3)7-8-15/h12-13,16H,4-11,15H2,1-3H3. The van der Waals surface area contributed by atoms with Crippen molar-refractivity contribution in [1.82, 2.24) is 5.32 Å². The Morgan fingerprint density at radius 2 is 2.12 bits per heavy atom. The first kappa shape index (κ1) is 14.9. The molecular formula is C14H30N2O. The lowest BCUT2D eigenvalue weighted by Crippen LogP contribution is -2.28. The Bertz CT molecular complexity index is 206. The van der Waals surface area contributed by atoms with Crippen LogP contribution in [0.5, 0.6) is 0 Å². The highest BCUT2D eigenvalue weighted by molar-refractivity contribution is 4.75. The molecule has 3 N–H and O–H groups in total. The smallest absolute Gasteiger partial charge is 0.0588 e. The molecule has 3 heteroatoms. The van der Waals surface area contributed by atoms with Crippen molar-refractivity contribution >= 4 is 0 Å². The predicted octanol–water partition coefficient (Wildman–Crippen LogP) is 2.16. The van der Waals surface area contributed by atoms with E-state index in [1.165, 1.54) is 19.3 Å². The molecule has 1 heterocycles. The van der Waals surface area contributed by atoms with Gasteiger partial charge in [0.05, 0.1) is 6.10 Å². The van der Waals surface area contributed by atoms with Crippen LogP contribution in [0.1, 0.15) is 46.5 Å². The van der Waals surface area contributed by atoms with Crippen LogP contribution in [0, 0.1) is 11.3 Å². The summed E-state index contributed by atoms with van der Waals surface area (Å²) in [6.45, 7) is 10.8. The van der Waals surface area contributed by atoms with Crippen molar-refractivity contribution in [3.8, 4) is 0 Å². The molecule has 2 atom stereocenters. The monoisotopic (exact) mass is 242 g/mol. The maximum absolute atomic E-state index is 5.61. The minimum Gasteiger partial charge on any atom is -0.378 e. The molecule has 3 nitrogen and oxygen atoms in total. The van der Waals surface area contributed by atoms with Gasteiger partial charge in [0.25, 0.3) is 0 Å². The minimum absolute atomic E-state index is 0.403. The SMILES string of the molecule is CC1OCCC1CNCCCC(C)(C)CCN. The molecule has 17 heavy (non-hydrogen) atoms. The fourth-order valence-corrected chi connectivity index (χ4v) is 2.54. The number of ether oxygens (including phenoxy) is 1. The predicted molar refractivity (Wildman–Crippen MR) is 73.1 cm³/mol. The second-order valence-corrected chi connectivity index (χ2v) is 6.14. The third kappa shape index (κ3) is 5.84. The topological polar surface area (TPSA) is 47.3 Å². The summed E-state index contributed by atoms with van der Waals surface area (Å²) in [5.74, 6) is 0.715. The first-order chi connectivity index (χ1) is 8.05. The Morgan fingerprint density at radius 1 is 1.35 bits per heavy atom. The highest BCUT2D eigenvalue weighted by atomic mass is 16.5. The van der Waals surface area contributed by atoms with E-state index in [9.17, 15) is 0 Å². The van der Waals surface area contributed by atoms with Gasteiger partial charge in [0.1, 0.15) is 0 Å². The summed E-state index contributed by atoms with van der Waals surface area (Å²) in [5, 5.41) is 3.56. The molecule has 0 radical (unpaired) electrons. The molecule has 1 saturated heterocycles. The molecule has 2 unspecified atom stereocenters. The summed E-state index contributed by atoms with van der Waals surface area (Å²) in [4.78, 5) is 0. The summed E-state index contributed by atoms with van der Waals surface area (Å²) in [7, 11) is 0. The van der Waals surface area contributed by atoms with Gasteiger partial charge in [-0.15, -0.1) is 0 Å². The maximum atomic E-state index is 5.61. The Hall–Kier alpha value is -0.120. The first-order valence-corrected chi connectivity index (χ1v) is 7.07. The third-order valence-corrected chi connectivity index (χ3v) is 3.97. The summed E-state index contributed by atoms with van der Waals surface area (Å²) >= 11 is 0. The fourth-order valence-electron chi connectivity index (χ4n) is 2.54. The molecular weight excluding hydrogens is 212 g/mol. The van der Waals surface area contributed by atoms with Gasteiger partial charge in [-0.25, -0.2) is 0 Å². The summed E-state index contributed by atoms with van der Waals surface area (Å²) in [6.07, 6.45) is 5.28. The van der Waals surface area contributed by atoms with Crippen molar-refractivity contribution in [3.63, 3.8) is 0 Å². The second kappa shape index (κ2) is 7.34. The third-order valence-electron chi connectivity index (χ3n) is 3.97. The van der Waals surface area contributed by atoms with Gasteiger partial charge in [-0.05, 0) is 57.0 Å². The molecule has 0 aromatic carbocycles. The second-order valence-electron chi connectivity index (χ2n) is 6.14. The van der Waals surface area contributed by atoms with E-state index in [4.69, 9.17) is 10.5 Å². The van der Waals surface area contributed by atoms with Crippen molar-refractivity contribution in [2.45, 2.75) is 52.6 Å². The zero-order valence-electron chi connectivity index (χ0n) is 11.8. The summed E-state index contributed by atoms with van der Waals surface area (Å²) in [5.41, 5.74) is 6.02. The van der Waals surface area contributed by atoms with Crippen LogP contribution >= 0.6 is 0 Å². The van der Waals surface area contributed by atoms with E-state index in [-0.39, 0.29) is 0 Å². The molecule has 0 bridgehead atoms. The van der Waals surface area contributed by atoms with Crippen LogP contribution in [0.2, 0.25) is 0 Å². The van der Waals surface area contributed by atoms with Gasteiger partial charge in [0.2, 0.25) is 0 Å². The number of nitrogens with one attached hydrogen (secondary N) is 1. The van der Waals surface area contributed by atoms with E-state index in [1.54, 1.807) is 0 Å². The molecule has 1 aliphatic rings. The van der Waals surface area contributed by atoms with Crippen LogP contribution in [0.3, 0.4) is 0 Å². The average molecular weight is 242 g/mol. The lowest BCUT2D eigenvalue weighted by molar-refractivity contribution is 0.105. The molecule has 0 spiro atoms. The first-order valence-electron chi connectivity index (χ1n) is 7.07. The van der Waals surface area contributed by atoms with Gasteiger partial charge >= 0.3 is 0 Å². The van der Waals surface area contributed by atoms with Crippen LogP contribution in [0.4, 0.5) is 0 Å². The van der Waals surface area contributed by atoms with Crippen LogP contribution < -0.4 is 11.1 Å². The number of nitrogens with two attached hydrogens (primary N) is 1. The van der Waals surface area contributed by atoms with Crippen LogP contribution in [0.15, 0.2) is 0 Å². The molecule has 1 fully saturated rings. The molecule has 0 amide bonds. The van der Waals surface area contributed by atoms with Crippen molar-refractivity contribution < 1.29 is 4.74 Å². The van der Waals surface area contributed by atoms with Crippen LogP contribution in [0.25, 0.3) is 0 Å². The molecule has 0 aromatic rings. The fraction of sp³-hybridized carbons (Fsp3) is 1.00. The molecule has 0 aromatic heterocycles. The Labute approximate surface area is 106 Å². The van der Waals surface area contributed by atoms with Crippen LogP contribution in [-0.4, -0.2) is 32.3 Å². The Balaban J connectivity index is 2.00. The highest BCUT2D eigenvalue weighted by Gasteiger charge is 2.23. The van der Waals surface area contributed by atoms with E-state index < -0.39 is 0 Å². The van der Waals surface area contributed by atoms with Gasteiger partial charge in [0.15, 0.2) is 0 Å². The lowest BCUT2D eigenvalue weighted by Gasteiger charge is -2.24. The molecule has 0 saturated carbocycles. The molecule has 1 rings (SSSR count). The quantitative estimate of drug-likeness (QED) is 0.641. The normalized spacial score (nSPS) is 25.4. The molecule has 102 valence electrons. The minimum atomic E-state index is 0.403. The average Bonchev–Trinajstić information content (AvgIpc) is 2.63. The maximum Gasteiger partial charge on any atom is 0.0588 e. The van der Waals surface area contributed by atoms with Gasteiger partial charge in [-0.2, -0.15) is 0 Å². The van der Waals surface area contributed by atoms with E-state index in [0.29, 0.717) is 17.4 Å². The summed E-state index contributed by atoms with van der Waals surface area (Å²) < 4.78 is 5.55. The zero-order valence-corrected chi connectivity index (χ0v) is 11.8. The van der Waals surface area contributed by atoms with Crippen molar-refractivity contribution in [2.24, 2.45) is 17.1 Å². The number of rotatable bonds is 8. The highest BCUT2D eigenvalue weighted by Crippen LogP contribution is 2.25. The van der Waals surface area contributed by atoms with E-state index in [2.05, 4.69) is 26.1 Å². The van der Waals surface area contributed by atoms with Crippen molar-refractivity contribution in [2.75, 3.05) is 26.2 Å². The summed E-state index contributed by atoms with van der Waals surface area (Å²) in [6, 6.07) is 0.